The van der Waals surface area contributed by atoms with Crippen molar-refractivity contribution in [1.29, 1.82) is 5.26 Å². The van der Waals surface area contributed by atoms with Gasteiger partial charge in [-0.25, -0.2) is 0 Å². The van der Waals surface area contributed by atoms with Gasteiger partial charge in [-0.2, -0.15) is 5.26 Å². The van der Waals surface area contributed by atoms with Gasteiger partial charge in [-0.1, -0.05) is 24.6 Å². The van der Waals surface area contributed by atoms with E-state index in [4.69, 9.17) is 0 Å². The van der Waals surface area contributed by atoms with Crippen LogP contribution in [0.3, 0.4) is 0 Å². The summed E-state index contributed by atoms with van der Waals surface area (Å²) >= 11 is 1.89. The van der Waals surface area contributed by atoms with Crippen LogP contribution in [0.25, 0.3) is 0 Å². The number of nitriles is 1. The Kier molecular flexibility index (Phi) is 4.12. The molecule has 1 nitrogen and oxygen atoms in total. The normalized spacial score (nSPS) is 28.6. The monoisotopic (exact) mass is 245 g/mol. The molecule has 1 aromatic rings. The number of thioether (sulfide) groups is 1. The zero-order valence-electron chi connectivity index (χ0n) is 10.5. The molecule has 0 spiro atoms. The van der Waals surface area contributed by atoms with Crippen molar-refractivity contribution in [3.63, 3.8) is 0 Å². The van der Waals surface area contributed by atoms with Gasteiger partial charge in [-0.3, -0.25) is 0 Å². The molecule has 0 heterocycles. The van der Waals surface area contributed by atoms with Crippen molar-refractivity contribution >= 4 is 11.8 Å². The molecule has 1 aromatic carbocycles. The topological polar surface area (TPSA) is 23.8 Å². The third-order valence-corrected chi connectivity index (χ3v) is 4.85. The van der Waals surface area contributed by atoms with Gasteiger partial charge in [0.05, 0.1) is 12.0 Å². The van der Waals surface area contributed by atoms with Crippen molar-refractivity contribution < 1.29 is 0 Å². The van der Waals surface area contributed by atoms with Crippen LogP contribution < -0.4 is 0 Å². The van der Waals surface area contributed by atoms with Gasteiger partial charge in [0.2, 0.25) is 0 Å². The minimum Gasteiger partial charge on any atom is -0.198 e. The first-order valence-electron chi connectivity index (χ1n) is 6.32. The second kappa shape index (κ2) is 5.60. The summed E-state index contributed by atoms with van der Waals surface area (Å²) in [6.07, 6.45) is 3.46. The number of hydrogen-bond donors (Lipinski definition) is 0. The lowest BCUT2D eigenvalue weighted by Gasteiger charge is -2.30. The lowest BCUT2D eigenvalue weighted by Crippen LogP contribution is -2.24. The fourth-order valence-corrected chi connectivity index (χ4v) is 4.02. The molecule has 2 rings (SSSR count). The predicted molar refractivity (Wildman–Crippen MR) is 72.9 cm³/mol. The molecule has 0 aromatic heterocycles. The van der Waals surface area contributed by atoms with E-state index < -0.39 is 0 Å². The van der Waals surface area contributed by atoms with Gasteiger partial charge in [0.1, 0.15) is 0 Å². The fourth-order valence-electron chi connectivity index (χ4n) is 2.47. The first kappa shape index (κ1) is 12.5. The van der Waals surface area contributed by atoms with E-state index in [0.717, 1.165) is 12.3 Å². The summed E-state index contributed by atoms with van der Waals surface area (Å²) in [5, 5.41) is 9.69. The van der Waals surface area contributed by atoms with Gasteiger partial charge in [0, 0.05) is 10.1 Å². The molecular formula is C15H19NS. The molecule has 90 valence electrons. The highest BCUT2D eigenvalue weighted by Crippen LogP contribution is 2.39. The highest BCUT2D eigenvalue weighted by atomic mass is 32.2. The number of nitrogens with zero attached hydrogens (tertiary/aromatic N) is 1. The quantitative estimate of drug-likeness (QED) is 0.770. The van der Waals surface area contributed by atoms with E-state index in [-0.39, 0.29) is 5.92 Å². The number of hydrogen-bond acceptors (Lipinski definition) is 2. The van der Waals surface area contributed by atoms with E-state index in [1.165, 1.54) is 23.3 Å². The van der Waals surface area contributed by atoms with Gasteiger partial charge in [-0.15, -0.1) is 11.8 Å². The van der Waals surface area contributed by atoms with Gasteiger partial charge in [-0.05, 0) is 44.2 Å². The minimum absolute atomic E-state index is 0.233. The lowest BCUT2D eigenvalue weighted by molar-refractivity contribution is 0.346. The Morgan fingerprint density at radius 3 is 2.88 bits per heavy atom. The Morgan fingerprint density at radius 1 is 1.35 bits per heavy atom. The summed E-state index contributed by atoms with van der Waals surface area (Å²) in [6.45, 7) is 4.42. The van der Waals surface area contributed by atoms with Crippen LogP contribution in [-0.2, 0) is 0 Å². The van der Waals surface area contributed by atoms with Crippen molar-refractivity contribution in [3.05, 3.63) is 29.8 Å². The Morgan fingerprint density at radius 2 is 2.18 bits per heavy atom. The second-order valence-corrected chi connectivity index (χ2v) is 6.44. The van der Waals surface area contributed by atoms with Crippen LogP contribution in [0, 0.1) is 30.1 Å². The second-order valence-electron chi connectivity index (χ2n) is 5.13. The maximum absolute atomic E-state index is 9.22. The molecule has 3 unspecified atom stereocenters. The summed E-state index contributed by atoms with van der Waals surface area (Å²) in [5.41, 5.74) is 1.30. The van der Waals surface area contributed by atoms with Gasteiger partial charge in [0.15, 0.2) is 0 Å². The van der Waals surface area contributed by atoms with Crippen LogP contribution in [0.5, 0.6) is 0 Å². The van der Waals surface area contributed by atoms with Crippen molar-refractivity contribution in [2.75, 3.05) is 0 Å². The van der Waals surface area contributed by atoms with Crippen LogP contribution in [-0.4, -0.2) is 5.25 Å². The summed E-state index contributed by atoms with van der Waals surface area (Å²) in [7, 11) is 0. The molecule has 0 N–H and O–H groups in total. The summed E-state index contributed by atoms with van der Waals surface area (Å²) in [4.78, 5) is 1.31. The van der Waals surface area contributed by atoms with E-state index >= 15 is 0 Å². The third-order valence-electron chi connectivity index (χ3n) is 3.50. The zero-order valence-corrected chi connectivity index (χ0v) is 11.3. The highest BCUT2D eigenvalue weighted by Gasteiger charge is 2.29. The Bertz CT molecular complexity index is 421. The molecule has 3 atom stereocenters. The van der Waals surface area contributed by atoms with Crippen molar-refractivity contribution in [2.24, 2.45) is 11.8 Å². The van der Waals surface area contributed by atoms with Crippen LogP contribution in [0.1, 0.15) is 31.7 Å². The van der Waals surface area contributed by atoms with Gasteiger partial charge in [0.25, 0.3) is 0 Å². The van der Waals surface area contributed by atoms with Crippen LogP contribution >= 0.6 is 11.8 Å². The highest BCUT2D eigenvalue weighted by molar-refractivity contribution is 8.00. The summed E-state index contributed by atoms with van der Waals surface area (Å²) in [5.74, 6) is 0.999. The standard InChI is InChI=1S/C15H19NS/c1-11-4-3-5-14(8-11)17-15-9-12(2)6-7-13(15)10-16/h3-5,8,12-13,15H,6-7,9H2,1-2H3. The molecule has 0 aliphatic heterocycles. The minimum atomic E-state index is 0.233. The maximum Gasteiger partial charge on any atom is 0.0667 e. The average Bonchev–Trinajstić information content (AvgIpc) is 2.29. The van der Waals surface area contributed by atoms with Gasteiger partial charge < -0.3 is 0 Å². The van der Waals surface area contributed by atoms with E-state index in [0.29, 0.717) is 5.25 Å². The smallest absolute Gasteiger partial charge is 0.0667 e. The number of benzene rings is 1. The van der Waals surface area contributed by atoms with E-state index in [9.17, 15) is 5.26 Å². The number of aryl methyl sites for hydroxylation is 1. The molecule has 1 aliphatic rings. The first-order chi connectivity index (χ1) is 8.19. The Hall–Kier alpha value is -0.940. The molecule has 17 heavy (non-hydrogen) atoms. The molecule has 1 saturated carbocycles. The molecule has 2 heteroatoms. The van der Waals surface area contributed by atoms with E-state index in [1.807, 2.05) is 11.8 Å². The number of rotatable bonds is 2. The molecule has 1 fully saturated rings. The Labute approximate surface area is 108 Å². The van der Waals surface area contributed by atoms with Gasteiger partial charge >= 0.3 is 0 Å². The third kappa shape index (κ3) is 3.26. The van der Waals surface area contributed by atoms with E-state index in [1.54, 1.807) is 0 Å². The fraction of sp³-hybridized carbons (Fsp3) is 0.533. The van der Waals surface area contributed by atoms with Crippen LogP contribution in [0.2, 0.25) is 0 Å². The molecule has 0 saturated heterocycles. The molecule has 0 bridgehead atoms. The SMILES string of the molecule is Cc1cccc(SC2CC(C)CCC2C#N)c1. The molecule has 1 aliphatic carbocycles. The molecule has 0 radical (unpaired) electrons. The zero-order chi connectivity index (χ0) is 12.3. The Balaban J connectivity index is 2.08. The largest absolute Gasteiger partial charge is 0.198 e. The average molecular weight is 245 g/mol. The molecular weight excluding hydrogens is 226 g/mol. The van der Waals surface area contributed by atoms with Crippen molar-refractivity contribution in [2.45, 2.75) is 43.3 Å². The van der Waals surface area contributed by atoms with Crippen molar-refractivity contribution in [1.82, 2.24) is 0 Å². The lowest BCUT2D eigenvalue weighted by atomic mass is 9.83. The first-order valence-corrected chi connectivity index (χ1v) is 7.20. The van der Waals surface area contributed by atoms with E-state index in [2.05, 4.69) is 44.2 Å². The molecule has 0 amide bonds. The summed E-state index contributed by atoms with van der Waals surface area (Å²) < 4.78 is 0. The summed E-state index contributed by atoms with van der Waals surface area (Å²) in [6, 6.07) is 11.1. The van der Waals surface area contributed by atoms with Crippen LogP contribution in [0.4, 0.5) is 0 Å². The maximum atomic E-state index is 9.22. The predicted octanol–water partition coefficient (Wildman–Crippen LogP) is 4.42. The van der Waals surface area contributed by atoms with Crippen molar-refractivity contribution in [3.8, 4) is 6.07 Å². The van der Waals surface area contributed by atoms with Crippen LogP contribution in [0.15, 0.2) is 29.2 Å².